The minimum Gasteiger partial charge on any atom is -0.443 e. The summed E-state index contributed by atoms with van der Waals surface area (Å²) in [6.45, 7) is 7.98. The van der Waals surface area contributed by atoms with Crippen molar-refractivity contribution in [2.45, 2.75) is 51.7 Å². The molecule has 3 rings (SSSR count). The first-order chi connectivity index (χ1) is 10.9. The van der Waals surface area contributed by atoms with Crippen LogP contribution < -0.4 is 10.2 Å². The standard InChI is InChI=1S/C18H26N2O3/c1-18(2,3)23-17(21)20-9-8-13-11-14(6-7-16(13)20)19-15-5-4-10-22-12-15/h6-7,11,15,19H,4-5,8-10,12H2,1-3H3/t15-/m0/s1. The lowest BCUT2D eigenvalue weighted by atomic mass is 10.1. The van der Waals surface area contributed by atoms with Crippen LogP contribution in [0.25, 0.3) is 0 Å². The molecule has 5 heteroatoms. The molecule has 1 aromatic rings. The van der Waals surface area contributed by atoms with E-state index < -0.39 is 5.60 Å². The number of nitrogens with one attached hydrogen (secondary N) is 1. The highest BCUT2D eigenvalue weighted by Crippen LogP contribution is 2.32. The number of carbonyl (C=O) groups is 1. The molecule has 1 saturated heterocycles. The lowest BCUT2D eigenvalue weighted by Gasteiger charge is -2.25. The fourth-order valence-corrected chi connectivity index (χ4v) is 3.09. The van der Waals surface area contributed by atoms with E-state index in [4.69, 9.17) is 9.47 Å². The van der Waals surface area contributed by atoms with E-state index in [-0.39, 0.29) is 6.09 Å². The topological polar surface area (TPSA) is 50.8 Å². The molecule has 0 bridgehead atoms. The fourth-order valence-electron chi connectivity index (χ4n) is 3.09. The van der Waals surface area contributed by atoms with E-state index in [1.165, 1.54) is 5.56 Å². The Bertz CT molecular complexity index is 574. The average Bonchev–Trinajstić information content (AvgIpc) is 2.90. The first kappa shape index (κ1) is 16.1. The summed E-state index contributed by atoms with van der Waals surface area (Å²) in [6, 6.07) is 6.58. The van der Waals surface area contributed by atoms with Crippen molar-refractivity contribution >= 4 is 17.5 Å². The van der Waals surface area contributed by atoms with Crippen LogP contribution in [0.5, 0.6) is 0 Å². The molecule has 0 unspecified atom stereocenters. The van der Waals surface area contributed by atoms with Gasteiger partial charge >= 0.3 is 6.09 Å². The molecule has 1 fully saturated rings. The summed E-state index contributed by atoms with van der Waals surface area (Å²) < 4.78 is 11.0. The number of rotatable bonds is 2. The zero-order valence-corrected chi connectivity index (χ0v) is 14.2. The number of hydrogen-bond donors (Lipinski definition) is 1. The maximum absolute atomic E-state index is 12.3. The number of carbonyl (C=O) groups excluding carboxylic acids is 1. The van der Waals surface area contributed by atoms with E-state index in [1.807, 2.05) is 32.9 Å². The molecule has 0 aliphatic carbocycles. The molecule has 2 aliphatic rings. The van der Waals surface area contributed by atoms with Crippen molar-refractivity contribution in [3.8, 4) is 0 Å². The third kappa shape index (κ3) is 3.96. The van der Waals surface area contributed by atoms with Gasteiger partial charge in [-0.25, -0.2) is 4.79 Å². The summed E-state index contributed by atoms with van der Waals surface area (Å²) in [5.74, 6) is 0. The van der Waals surface area contributed by atoms with E-state index in [0.29, 0.717) is 12.6 Å². The Morgan fingerprint density at radius 3 is 2.91 bits per heavy atom. The van der Waals surface area contributed by atoms with E-state index in [9.17, 15) is 4.79 Å². The van der Waals surface area contributed by atoms with Crippen LogP contribution >= 0.6 is 0 Å². The van der Waals surface area contributed by atoms with Gasteiger partial charge in [-0.1, -0.05) is 0 Å². The summed E-state index contributed by atoms with van der Waals surface area (Å²) in [7, 11) is 0. The summed E-state index contributed by atoms with van der Waals surface area (Å²) in [5, 5.41) is 3.53. The van der Waals surface area contributed by atoms with Gasteiger partial charge in [0.15, 0.2) is 0 Å². The van der Waals surface area contributed by atoms with Gasteiger partial charge in [0.25, 0.3) is 0 Å². The van der Waals surface area contributed by atoms with Gasteiger partial charge in [0, 0.05) is 24.9 Å². The monoisotopic (exact) mass is 318 g/mol. The van der Waals surface area contributed by atoms with Crippen molar-refractivity contribution in [3.05, 3.63) is 23.8 Å². The number of anilines is 2. The fraction of sp³-hybridized carbons (Fsp3) is 0.611. The van der Waals surface area contributed by atoms with Gasteiger partial charge in [0.05, 0.1) is 12.3 Å². The van der Waals surface area contributed by atoms with Crippen molar-refractivity contribution in [2.75, 3.05) is 30.0 Å². The molecule has 2 heterocycles. The van der Waals surface area contributed by atoms with E-state index >= 15 is 0 Å². The van der Waals surface area contributed by atoms with Gasteiger partial charge in [-0.3, -0.25) is 4.90 Å². The molecule has 5 nitrogen and oxygen atoms in total. The van der Waals surface area contributed by atoms with Crippen LogP contribution in [0, 0.1) is 0 Å². The summed E-state index contributed by atoms with van der Waals surface area (Å²) in [5.41, 5.74) is 2.79. The molecule has 126 valence electrons. The van der Waals surface area contributed by atoms with Gasteiger partial charge in [-0.2, -0.15) is 0 Å². The zero-order valence-electron chi connectivity index (χ0n) is 14.2. The minimum atomic E-state index is -0.470. The summed E-state index contributed by atoms with van der Waals surface area (Å²) >= 11 is 0. The number of amides is 1. The largest absolute Gasteiger partial charge is 0.443 e. The number of fused-ring (bicyclic) bond motifs is 1. The first-order valence-electron chi connectivity index (χ1n) is 8.40. The van der Waals surface area contributed by atoms with Crippen molar-refractivity contribution in [3.63, 3.8) is 0 Å². The van der Waals surface area contributed by atoms with Crippen molar-refractivity contribution < 1.29 is 14.3 Å². The lowest BCUT2D eigenvalue weighted by molar-refractivity contribution is 0.0584. The van der Waals surface area contributed by atoms with Crippen LogP contribution in [-0.2, 0) is 15.9 Å². The van der Waals surface area contributed by atoms with Crippen LogP contribution in [0.1, 0.15) is 39.2 Å². The van der Waals surface area contributed by atoms with Crippen LogP contribution in [0.2, 0.25) is 0 Å². The second kappa shape index (κ2) is 6.40. The Morgan fingerprint density at radius 2 is 2.22 bits per heavy atom. The molecule has 0 radical (unpaired) electrons. The molecular formula is C18H26N2O3. The van der Waals surface area contributed by atoms with Crippen molar-refractivity contribution in [1.29, 1.82) is 0 Å². The third-order valence-electron chi connectivity index (χ3n) is 4.12. The maximum Gasteiger partial charge on any atom is 0.414 e. The highest BCUT2D eigenvalue weighted by molar-refractivity contribution is 5.91. The minimum absolute atomic E-state index is 0.266. The van der Waals surface area contributed by atoms with Gasteiger partial charge < -0.3 is 14.8 Å². The van der Waals surface area contributed by atoms with E-state index in [1.54, 1.807) is 4.90 Å². The Hall–Kier alpha value is -1.75. The van der Waals surface area contributed by atoms with Gasteiger partial charge in [0.2, 0.25) is 0 Å². The van der Waals surface area contributed by atoms with Gasteiger partial charge in [0.1, 0.15) is 5.60 Å². The summed E-state index contributed by atoms with van der Waals surface area (Å²) in [4.78, 5) is 14.0. The highest BCUT2D eigenvalue weighted by atomic mass is 16.6. The quantitative estimate of drug-likeness (QED) is 0.905. The number of benzene rings is 1. The van der Waals surface area contributed by atoms with Crippen LogP contribution in [-0.4, -0.2) is 37.5 Å². The molecule has 23 heavy (non-hydrogen) atoms. The lowest BCUT2D eigenvalue weighted by Crippen LogP contribution is -2.35. The normalized spacial score (nSPS) is 21.0. The molecule has 0 saturated carbocycles. The van der Waals surface area contributed by atoms with Gasteiger partial charge in [-0.15, -0.1) is 0 Å². The molecule has 0 aromatic heterocycles. The molecule has 1 N–H and O–H groups in total. The van der Waals surface area contributed by atoms with Crippen LogP contribution in [0.15, 0.2) is 18.2 Å². The van der Waals surface area contributed by atoms with Crippen molar-refractivity contribution in [2.24, 2.45) is 0 Å². The molecule has 2 aliphatic heterocycles. The zero-order chi connectivity index (χ0) is 16.4. The number of nitrogens with zero attached hydrogens (tertiary/aromatic N) is 1. The molecular weight excluding hydrogens is 292 g/mol. The smallest absolute Gasteiger partial charge is 0.414 e. The molecule has 1 atom stereocenters. The second-order valence-electron chi connectivity index (χ2n) is 7.28. The van der Waals surface area contributed by atoms with Crippen LogP contribution in [0.3, 0.4) is 0 Å². The van der Waals surface area contributed by atoms with Crippen LogP contribution in [0.4, 0.5) is 16.2 Å². The average molecular weight is 318 g/mol. The predicted octanol–water partition coefficient (Wildman–Crippen LogP) is 3.58. The molecule has 1 amide bonds. The van der Waals surface area contributed by atoms with Gasteiger partial charge in [-0.05, 0) is 63.8 Å². The molecule has 0 spiro atoms. The Kier molecular flexibility index (Phi) is 4.48. The summed E-state index contributed by atoms with van der Waals surface area (Å²) in [6.07, 6.45) is 2.85. The van der Waals surface area contributed by atoms with Crippen molar-refractivity contribution in [1.82, 2.24) is 0 Å². The highest BCUT2D eigenvalue weighted by Gasteiger charge is 2.29. The third-order valence-corrected chi connectivity index (χ3v) is 4.12. The SMILES string of the molecule is CC(C)(C)OC(=O)N1CCc2cc(N[C@H]3CCCOC3)ccc21. The van der Waals surface area contributed by atoms with E-state index in [2.05, 4.69) is 11.4 Å². The second-order valence-corrected chi connectivity index (χ2v) is 7.28. The number of hydrogen-bond acceptors (Lipinski definition) is 4. The maximum atomic E-state index is 12.3. The molecule has 1 aromatic carbocycles. The number of ether oxygens (including phenoxy) is 2. The first-order valence-corrected chi connectivity index (χ1v) is 8.40. The predicted molar refractivity (Wildman–Crippen MR) is 91.2 cm³/mol. The Morgan fingerprint density at radius 1 is 1.39 bits per heavy atom. The van der Waals surface area contributed by atoms with E-state index in [0.717, 1.165) is 43.9 Å². The Balaban J connectivity index is 1.68. The Labute approximate surface area is 137 Å².